The number of guanidine groups is 1. The zero-order valence-corrected chi connectivity index (χ0v) is 16.2. The number of hydrogen-bond acceptors (Lipinski definition) is 3. The molecule has 0 aliphatic carbocycles. The Bertz CT molecular complexity index is 712. The maximum absolute atomic E-state index is 5.60. The third-order valence-electron chi connectivity index (χ3n) is 4.29. The summed E-state index contributed by atoms with van der Waals surface area (Å²) >= 11 is 0. The maximum Gasteiger partial charge on any atom is 0.216 e. The van der Waals surface area contributed by atoms with Gasteiger partial charge in [-0.15, -0.1) is 0 Å². The number of aliphatic imine (C=N–C) groups is 1. The number of aromatic nitrogens is 1. The lowest BCUT2D eigenvalue weighted by Gasteiger charge is -2.27. The summed E-state index contributed by atoms with van der Waals surface area (Å²) in [6, 6.07) is 8.65. The molecule has 1 aromatic heterocycles. The predicted octanol–water partition coefficient (Wildman–Crippen LogP) is 3.63. The van der Waals surface area contributed by atoms with Crippen molar-refractivity contribution < 1.29 is 4.42 Å². The monoisotopic (exact) mass is 342 g/mol. The minimum Gasteiger partial charge on any atom is -0.444 e. The van der Waals surface area contributed by atoms with Crippen molar-refractivity contribution in [2.24, 2.45) is 4.99 Å². The predicted molar refractivity (Wildman–Crippen MR) is 103 cm³/mol. The number of aryl methyl sites for hydroxylation is 3. The molecule has 0 fully saturated rings. The average molecular weight is 342 g/mol. The second kappa shape index (κ2) is 8.19. The fourth-order valence-electron chi connectivity index (χ4n) is 2.57. The topological polar surface area (TPSA) is 62.5 Å². The van der Waals surface area contributed by atoms with Gasteiger partial charge in [0.05, 0.1) is 5.69 Å². The smallest absolute Gasteiger partial charge is 0.216 e. The van der Waals surface area contributed by atoms with Crippen LogP contribution >= 0.6 is 0 Å². The van der Waals surface area contributed by atoms with Crippen molar-refractivity contribution >= 4 is 5.96 Å². The highest BCUT2D eigenvalue weighted by Crippen LogP contribution is 2.23. The summed E-state index contributed by atoms with van der Waals surface area (Å²) in [7, 11) is 0. The van der Waals surface area contributed by atoms with E-state index in [0.717, 1.165) is 30.5 Å². The molecule has 0 aliphatic rings. The Morgan fingerprint density at radius 1 is 1.20 bits per heavy atom. The molecule has 25 heavy (non-hydrogen) atoms. The Labute approximate surface area is 151 Å². The van der Waals surface area contributed by atoms with Crippen LogP contribution in [-0.4, -0.2) is 24.0 Å². The van der Waals surface area contributed by atoms with E-state index >= 15 is 0 Å². The van der Waals surface area contributed by atoms with Crippen LogP contribution in [0.4, 0.5) is 0 Å². The largest absolute Gasteiger partial charge is 0.444 e. The zero-order valence-electron chi connectivity index (χ0n) is 16.2. The molecule has 0 saturated carbocycles. The number of hydrogen-bond donors (Lipinski definition) is 2. The minimum absolute atomic E-state index is 0.00167. The molecule has 2 aromatic rings. The summed E-state index contributed by atoms with van der Waals surface area (Å²) in [4.78, 5) is 8.97. The molecule has 0 spiro atoms. The molecule has 0 atom stereocenters. The summed E-state index contributed by atoms with van der Waals surface area (Å²) < 4.78 is 5.60. The molecule has 1 aromatic carbocycles. The first-order valence-electron chi connectivity index (χ1n) is 8.84. The summed E-state index contributed by atoms with van der Waals surface area (Å²) in [5.74, 6) is 2.27. The Morgan fingerprint density at radius 3 is 2.56 bits per heavy atom. The molecule has 2 N–H and O–H groups in total. The SMILES string of the molecule is CCNC(=NCc1nc(C)c(C)o1)NCC(C)(C)c1cccc(C)c1. The van der Waals surface area contributed by atoms with Crippen LogP contribution in [0.15, 0.2) is 33.7 Å². The summed E-state index contributed by atoms with van der Waals surface area (Å²) in [6.45, 7) is 14.5. The van der Waals surface area contributed by atoms with Gasteiger partial charge in [0.15, 0.2) is 5.96 Å². The summed E-state index contributed by atoms with van der Waals surface area (Å²) in [5, 5.41) is 6.72. The van der Waals surface area contributed by atoms with Crippen molar-refractivity contribution in [3.05, 3.63) is 52.7 Å². The quantitative estimate of drug-likeness (QED) is 0.621. The van der Waals surface area contributed by atoms with Gasteiger partial charge in [0.2, 0.25) is 5.89 Å². The highest BCUT2D eigenvalue weighted by Gasteiger charge is 2.21. The molecular formula is C20H30N4O. The average Bonchev–Trinajstić information content (AvgIpc) is 2.88. The Morgan fingerprint density at radius 2 is 1.96 bits per heavy atom. The van der Waals surface area contributed by atoms with Crippen LogP contribution < -0.4 is 10.6 Å². The van der Waals surface area contributed by atoms with Gasteiger partial charge in [0.1, 0.15) is 12.3 Å². The normalized spacial score (nSPS) is 12.3. The second-order valence-corrected chi connectivity index (χ2v) is 7.05. The van der Waals surface area contributed by atoms with Crippen molar-refractivity contribution in [1.82, 2.24) is 15.6 Å². The Balaban J connectivity index is 2.04. The number of benzene rings is 1. The molecule has 1 heterocycles. The third kappa shape index (κ3) is 5.34. The summed E-state index contributed by atoms with van der Waals surface area (Å²) in [5.41, 5.74) is 3.51. The van der Waals surface area contributed by atoms with Crippen molar-refractivity contribution in [3.63, 3.8) is 0 Å². The minimum atomic E-state index is -0.00167. The molecule has 0 amide bonds. The maximum atomic E-state index is 5.60. The standard InChI is InChI=1S/C20H30N4O/c1-7-21-19(22-12-18-24-15(3)16(4)25-18)23-13-20(5,6)17-10-8-9-14(2)11-17/h8-11H,7,12-13H2,1-6H3,(H2,21,22,23). The van der Waals surface area contributed by atoms with Gasteiger partial charge in [0.25, 0.3) is 0 Å². The van der Waals surface area contributed by atoms with E-state index in [1.807, 2.05) is 13.8 Å². The van der Waals surface area contributed by atoms with E-state index < -0.39 is 0 Å². The lowest BCUT2D eigenvalue weighted by atomic mass is 9.84. The van der Waals surface area contributed by atoms with Gasteiger partial charge >= 0.3 is 0 Å². The highest BCUT2D eigenvalue weighted by molar-refractivity contribution is 5.79. The first-order chi connectivity index (χ1) is 11.8. The number of rotatable bonds is 6. The van der Waals surface area contributed by atoms with E-state index in [0.29, 0.717) is 12.4 Å². The molecule has 136 valence electrons. The van der Waals surface area contributed by atoms with Crippen LogP contribution in [0.3, 0.4) is 0 Å². The van der Waals surface area contributed by atoms with Crippen molar-refractivity contribution in [2.45, 2.75) is 53.5 Å². The third-order valence-corrected chi connectivity index (χ3v) is 4.29. The van der Waals surface area contributed by atoms with E-state index in [2.05, 4.69) is 72.6 Å². The van der Waals surface area contributed by atoms with Crippen LogP contribution in [-0.2, 0) is 12.0 Å². The van der Waals surface area contributed by atoms with E-state index in [-0.39, 0.29) is 5.41 Å². The zero-order chi connectivity index (χ0) is 18.4. The van der Waals surface area contributed by atoms with Crippen LogP contribution in [0.25, 0.3) is 0 Å². The second-order valence-electron chi connectivity index (χ2n) is 7.05. The number of nitrogens with one attached hydrogen (secondary N) is 2. The van der Waals surface area contributed by atoms with Gasteiger partial charge in [0, 0.05) is 18.5 Å². The van der Waals surface area contributed by atoms with E-state index in [1.165, 1.54) is 11.1 Å². The Hall–Kier alpha value is -2.30. The first kappa shape index (κ1) is 19.0. The van der Waals surface area contributed by atoms with Crippen LogP contribution in [0.5, 0.6) is 0 Å². The molecule has 2 rings (SSSR count). The van der Waals surface area contributed by atoms with Crippen LogP contribution in [0, 0.1) is 20.8 Å². The lowest BCUT2D eigenvalue weighted by Crippen LogP contribution is -2.43. The van der Waals surface area contributed by atoms with Crippen LogP contribution in [0.1, 0.15) is 49.2 Å². The molecule has 0 aliphatic heterocycles. The van der Waals surface area contributed by atoms with Gasteiger partial charge in [-0.1, -0.05) is 43.7 Å². The van der Waals surface area contributed by atoms with Crippen molar-refractivity contribution in [2.75, 3.05) is 13.1 Å². The van der Waals surface area contributed by atoms with E-state index in [4.69, 9.17) is 4.42 Å². The molecular weight excluding hydrogens is 312 g/mol. The molecule has 0 unspecified atom stereocenters. The summed E-state index contributed by atoms with van der Waals surface area (Å²) in [6.07, 6.45) is 0. The fourth-order valence-corrected chi connectivity index (χ4v) is 2.57. The molecule has 5 nitrogen and oxygen atoms in total. The number of oxazole rings is 1. The van der Waals surface area contributed by atoms with Gasteiger partial charge in [-0.2, -0.15) is 0 Å². The van der Waals surface area contributed by atoms with Crippen molar-refractivity contribution in [1.29, 1.82) is 0 Å². The van der Waals surface area contributed by atoms with Gasteiger partial charge in [-0.05, 0) is 33.3 Å². The van der Waals surface area contributed by atoms with Crippen molar-refractivity contribution in [3.8, 4) is 0 Å². The number of nitrogens with zero attached hydrogens (tertiary/aromatic N) is 2. The Kier molecular flexibility index (Phi) is 6.23. The molecule has 0 saturated heterocycles. The van der Waals surface area contributed by atoms with Gasteiger partial charge < -0.3 is 15.1 Å². The van der Waals surface area contributed by atoms with Gasteiger partial charge in [-0.25, -0.2) is 9.98 Å². The van der Waals surface area contributed by atoms with Gasteiger partial charge in [-0.3, -0.25) is 0 Å². The fraction of sp³-hybridized carbons (Fsp3) is 0.500. The lowest BCUT2D eigenvalue weighted by molar-refractivity contribution is 0.471. The molecule has 0 radical (unpaired) electrons. The molecule has 5 heteroatoms. The molecule has 0 bridgehead atoms. The first-order valence-corrected chi connectivity index (χ1v) is 8.84. The van der Waals surface area contributed by atoms with E-state index in [9.17, 15) is 0 Å². The highest BCUT2D eigenvalue weighted by atomic mass is 16.4. The van der Waals surface area contributed by atoms with Crippen LogP contribution in [0.2, 0.25) is 0 Å². The van der Waals surface area contributed by atoms with E-state index in [1.54, 1.807) is 0 Å².